The molecule has 19 heavy (non-hydrogen) atoms. The highest BCUT2D eigenvalue weighted by atomic mass is 16.4. The molecule has 1 aromatic heterocycles. The van der Waals surface area contributed by atoms with Gasteiger partial charge in [0.05, 0.1) is 6.26 Å². The second-order valence-electron chi connectivity index (χ2n) is 3.83. The molecule has 0 spiro atoms. The molecule has 1 N–H and O–H groups in total. The second-order valence-corrected chi connectivity index (χ2v) is 3.83. The van der Waals surface area contributed by atoms with Crippen molar-refractivity contribution in [2.24, 2.45) is 0 Å². The monoisotopic (exact) mass is 258 g/mol. The van der Waals surface area contributed by atoms with Gasteiger partial charge in [-0.15, -0.1) is 0 Å². The molecule has 0 aliphatic rings. The summed E-state index contributed by atoms with van der Waals surface area (Å²) in [6, 6.07) is 11.6. The van der Waals surface area contributed by atoms with E-state index in [9.17, 15) is 9.59 Å². The molecule has 0 atom stereocenters. The number of imide groups is 1. The fourth-order valence-electron chi connectivity index (χ4n) is 1.59. The van der Waals surface area contributed by atoms with Gasteiger partial charge in [-0.1, -0.05) is 25.1 Å². The number of amides is 3. The minimum atomic E-state index is -0.534. The molecule has 5 heteroatoms. The third-order valence-electron chi connectivity index (χ3n) is 2.51. The van der Waals surface area contributed by atoms with Crippen LogP contribution in [0.2, 0.25) is 0 Å². The Kier molecular flexibility index (Phi) is 3.97. The van der Waals surface area contributed by atoms with E-state index in [1.54, 1.807) is 43.3 Å². The van der Waals surface area contributed by atoms with E-state index in [1.165, 1.54) is 6.26 Å². The summed E-state index contributed by atoms with van der Waals surface area (Å²) >= 11 is 0. The quantitative estimate of drug-likeness (QED) is 0.919. The van der Waals surface area contributed by atoms with Crippen LogP contribution in [0.5, 0.6) is 0 Å². The molecule has 5 nitrogen and oxygen atoms in total. The zero-order chi connectivity index (χ0) is 13.7. The topological polar surface area (TPSA) is 62.6 Å². The molecule has 1 heterocycles. The van der Waals surface area contributed by atoms with Crippen LogP contribution in [0.4, 0.5) is 16.4 Å². The van der Waals surface area contributed by atoms with Crippen molar-refractivity contribution in [3.8, 4) is 0 Å². The maximum atomic E-state index is 12.1. The molecule has 98 valence electrons. The molecule has 2 rings (SSSR count). The molecule has 0 saturated heterocycles. The van der Waals surface area contributed by atoms with Gasteiger partial charge in [0.2, 0.25) is 11.8 Å². The van der Waals surface area contributed by atoms with E-state index in [4.69, 9.17) is 4.42 Å². The Hall–Kier alpha value is -2.56. The van der Waals surface area contributed by atoms with Crippen LogP contribution in [0.15, 0.2) is 53.1 Å². The summed E-state index contributed by atoms with van der Waals surface area (Å²) in [6.07, 6.45) is 1.63. The average molecular weight is 258 g/mol. The van der Waals surface area contributed by atoms with E-state index < -0.39 is 6.03 Å². The second kappa shape index (κ2) is 5.86. The number of carbonyl (C=O) groups is 2. The molecule has 0 aliphatic carbocycles. The van der Waals surface area contributed by atoms with Gasteiger partial charge in [0.25, 0.3) is 0 Å². The molecule has 0 bridgehead atoms. The van der Waals surface area contributed by atoms with E-state index in [0.717, 1.165) is 4.90 Å². The largest absolute Gasteiger partial charge is 0.448 e. The number of nitrogens with zero attached hydrogens (tertiary/aromatic N) is 1. The number of anilines is 2. The van der Waals surface area contributed by atoms with Crippen molar-refractivity contribution >= 4 is 23.5 Å². The predicted octanol–water partition coefficient (Wildman–Crippen LogP) is 3.25. The standard InChI is InChI=1S/C14H14N2O3/c1-2-12(17)16(13-9-6-10-19-13)14(18)15-11-7-4-3-5-8-11/h3-10H,2H2,1H3,(H,15,18). The molecule has 0 aliphatic heterocycles. The number of para-hydroxylation sites is 1. The number of carbonyl (C=O) groups excluding carboxylic acids is 2. The minimum Gasteiger partial charge on any atom is -0.448 e. The Balaban J connectivity index is 2.20. The van der Waals surface area contributed by atoms with E-state index in [2.05, 4.69) is 5.32 Å². The number of benzene rings is 1. The van der Waals surface area contributed by atoms with Crippen LogP contribution in [0.1, 0.15) is 13.3 Å². The third-order valence-corrected chi connectivity index (χ3v) is 2.51. The van der Waals surface area contributed by atoms with Gasteiger partial charge in [0.1, 0.15) is 0 Å². The first-order valence-corrected chi connectivity index (χ1v) is 5.95. The Morgan fingerprint density at radius 2 is 1.89 bits per heavy atom. The number of hydrogen-bond donors (Lipinski definition) is 1. The zero-order valence-corrected chi connectivity index (χ0v) is 10.5. The Bertz CT molecular complexity index is 549. The average Bonchev–Trinajstić information content (AvgIpc) is 2.93. The smallest absolute Gasteiger partial charge is 0.335 e. The lowest BCUT2D eigenvalue weighted by atomic mass is 10.3. The molecule has 0 saturated carbocycles. The molecule has 0 fully saturated rings. The van der Waals surface area contributed by atoms with Gasteiger partial charge < -0.3 is 9.73 Å². The third kappa shape index (κ3) is 3.01. The lowest BCUT2D eigenvalue weighted by Crippen LogP contribution is -2.39. The molecule has 1 aromatic carbocycles. The number of hydrogen-bond acceptors (Lipinski definition) is 3. The molecular formula is C14H14N2O3. The maximum absolute atomic E-state index is 12.1. The fraction of sp³-hybridized carbons (Fsp3) is 0.143. The molecule has 3 amide bonds. The number of nitrogens with one attached hydrogen (secondary N) is 1. The zero-order valence-electron chi connectivity index (χ0n) is 10.5. The highest BCUT2D eigenvalue weighted by Gasteiger charge is 2.24. The van der Waals surface area contributed by atoms with E-state index >= 15 is 0 Å². The van der Waals surface area contributed by atoms with Crippen molar-refractivity contribution in [2.45, 2.75) is 13.3 Å². The lowest BCUT2D eigenvalue weighted by Gasteiger charge is -2.17. The van der Waals surface area contributed by atoms with Crippen molar-refractivity contribution < 1.29 is 14.0 Å². The van der Waals surface area contributed by atoms with Crippen LogP contribution in [0, 0.1) is 0 Å². The number of rotatable bonds is 3. The van der Waals surface area contributed by atoms with Gasteiger partial charge in [0.15, 0.2) is 0 Å². The van der Waals surface area contributed by atoms with Crippen molar-refractivity contribution in [3.63, 3.8) is 0 Å². The lowest BCUT2D eigenvalue weighted by molar-refractivity contribution is -0.117. The van der Waals surface area contributed by atoms with Crippen LogP contribution in [-0.4, -0.2) is 11.9 Å². The summed E-state index contributed by atoms with van der Waals surface area (Å²) < 4.78 is 5.12. The summed E-state index contributed by atoms with van der Waals surface area (Å²) in [4.78, 5) is 25.0. The van der Waals surface area contributed by atoms with Crippen LogP contribution < -0.4 is 10.2 Å². The highest BCUT2D eigenvalue weighted by Crippen LogP contribution is 2.17. The Labute approximate surface area is 110 Å². The van der Waals surface area contributed by atoms with Crippen LogP contribution in [0.25, 0.3) is 0 Å². The summed E-state index contributed by atoms with van der Waals surface area (Å²) in [5, 5.41) is 2.65. The van der Waals surface area contributed by atoms with Gasteiger partial charge >= 0.3 is 6.03 Å². The van der Waals surface area contributed by atoms with Crippen molar-refractivity contribution in [1.82, 2.24) is 0 Å². The van der Waals surface area contributed by atoms with Gasteiger partial charge in [0, 0.05) is 18.2 Å². The maximum Gasteiger partial charge on any atom is 0.335 e. The molecule has 0 radical (unpaired) electrons. The first-order chi connectivity index (χ1) is 9.22. The molecule has 0 unspecified atom stereocenters. The van der Waals surface area contributed by atoms with Crippen molar-refractivity contribution in [1.29, 1.82) is 0 Å². The van der Waals surface area contributed by atoms with Gasteiger partial charge in [-0.25, -0.2) is 9.69 Å². The summed E-state index contributed by atoms with van der Waals surface area (Å²) in [6.45, 7) is 1.69. The number of furan rings is 1. The first kappa shape index (κ1) is 12.9. The summed E-state index contributed by atoms with van der Waals surface area (Å²) in [5.41, 5.74) is 0.618. The number of urea groups is 1. The van der Waals surface area contributed by atoms with Crippen molar-refractivity contribution in [3.05, 3.63) is 48.7 Å². The van der Waals surface area contributed by atoms with Crippen LogP contribution >= 0.6 is 0 Å². The van der Waals surface area contributed by atoms with E-state index in [-0.39, 0.29) is 18.2 Å². The Morgan fingerprint density at radius 3 is 2.47 bits per heavy atom. The fourth-order valence-corrected chi connectivity index (χ4v) is 1.59. The predicted molar refractivity (Wildman–Crippen MR) is 71.9 cm³/mol. The summed E-state index contributed by atoms with van der Waals surface area (Å²) in [5.74, 6) is -0.122. The van der Waals surface area contributed by atoms with E-state index in [1.807, 2.05) is 6.07 Å². The van der Waals surface area contributed by atoms with Gasteiger partial charge in [-0.3, -0.25) is 4.79 Å². The minimum absolute atomic E-state index is 0.209. The van der Waals surface area contributed by atoms with Gasteiger partial charge in [-0.2, -0.15) is 0 Å². The molecule has 2 aromatic rings. The van der Waals surface area contributed by atoms with Gasteiger partial charge in [-0.05, 0) is 18.2 Å². The first-order valence-electron chi connectivity index (χ1n) is 5.95. The Morgan fingerprint density at radius 1 is 1.16 bits per heavy atom. The van der Waals surface area contributed by atoms with Crippen LogP contribution in [0.3, 0.4) is 0 Å². The van der Waals surface area contributed by atoms with Crippen LogP contribution in [-0.2, 0) is 4.79 Å². The van der Waals surface area contributed by atoms with E-state index in [0.29, 0.717) is 5.69 Å². The summed E-state index contributed by atoms with van der Waals surface area (Å²) in [7, 11) is 0. The molecular weight excluding hydrogens is 244 g/mol. The van der Waals surface area contributed by atoms with Crippen molar-refractivity contribution in [2.75, 3.05) is 10.2 Å². The normalized spacial score (nSPS) is 9.95. The highest BCUT2D eigenvalue weighted by molar-refractivity contribution is 6.17. The SMILES string of the molecule is CCC(=O)N(C(=O)Nc1ccccc1)c1ccco1.